The standard InChI is InChI=1S/C19H21FN2O4S/c1-2-3-4-9-22-17-13(6-5-7-16(17)20)11-15(19(22)24)18(23)21-14-8-10-27(25,26)12-14/h5-8,10-11,14H,2-4,9,12H2,1H3,(H,21,23). The van der Waals surface area contributed by atoms with Gasteiger partial charge < -0.3 is 9.88 Å². The molecular weight excluding hydrogens is 371 g/mol. The summed E-state index contributed by atoms with van der Waals surface area (Å²) in [7, 11) is -3.32. The van der Waals surface area contributed by atoms with Crippen molar-refractivity contribution in [2.75, 3.05) is 5.75 Å². The fraction of sp³-hybridized carbons (Fsp3) is 0.368. The molecule has 2 heterocycles. The van der Waals surface area contributed by atoms with E-state index < -0.39 is 33.2 Å². The zero-order valence-corrected chi connectivity index (χ0v) is 15.8. The van der Waals surface area contributed by atoms with Crippen molar-refractivity contribution in [1.29, 1.82) is 0 Å². The van der Waals surface area contributed by atoms with Crippen LogP contribution < -0.4 is 10.9 Å². The van der Waals surface area contributed by atoms with Crippen LogP contribution in [0.2, 0.25) is 0 Å². The van der Waals surface area contributed by atoms with Gasteiger partial charge in [-0.15, -0.1) is 0 Å². The first-order valence-corrected chi connectivity index (χ1v) is 10.6. The van der Waals surface area contributed by atoms with Gasteiger partial charge in [-0.1, -0.05) is 31.9 Å². The van der Waals surface area contributed by atoms with Gasteiger partial charge in [0.25, 0.3) is 11.5 Å². The van der Waals surface area contributed by atoms with Gasteiger partial charge in [-0.2, -0.15) is 0 Å². The highest BCUT2D eigenvalue weighted by molar-refractivity contribution is 7.94. The van der Waals surface area contributed by atoms with E-state index in [9.17, 15) is 22.4 Å². The Hall–Kier alpha value is -2.48. The third kappa shape index (κ3) is 4.10. The zero-order valence-electron chi connectivity index (χ0n) is 14.9. The number of nitrogens with zero attached hydrogens (tertiary/aromatic N) is 1. The summed E-state index contributed by atoms with van der Waals surface area (Å²) in [4.78, 5) is 25.5. The molecule has 144 valence electrons. The molecule has 0 saturated heterocycles. The van der Waals surface area contributed by atoms with Crippen molar-refractivity contribution in [3.8, 4) is 0 Å². The van der Waals surface area contributed by atoms with Crippen LogP contribution in [-0.4, -0.2) is 30.7 Å². The van der Waals surface area contributed by atoms with Crippen LogP contribution in [0.5, 0.6) is 0 Å². The smallest absolute Gasteiger partial charge is 0.263 e. The third-order valence-corrected chi connectivity index (χ3v) is 5.94. The van der Waals surface area contributed by atoms with Crippen LogP contribution in [0.3, 0.4) is 0 Å². The number of aromatic nitrogens is 1. The molecule has 1 aromatic carbocycles. The first kappa shape index (κ1) is 19.3. The van der Waals surface area contributed by atoms with Crippen LogP contribution in [0.1, 0.15) is 36.5 Å². The van der Waals surface area contributed by atoms with Crippen molar-refractivity contribution in [3.05, 3.63) is 57.5 Å². The molecule has 0 aliphatic carbocycles. The third-order valence-electron chi connectivity index (χ3n) is 4.54. The first-order valence-electron chi connectivity index (χ1n) is 8.86. The Bertz CT molecular complexity index is 1070. The Morgan fingerprint density at radius 3 is 2.78 bits per heavy atom. The predicted molar refractivity (Wildman–Crippen MR) is 102 cm³/mol. The first-order chi connectivity index (χ1) is 12.8. The summed E-state index contributed by atoms with van der Waals surface area (Å²) in [6.07, 6.45) is 3.89. The minimum Gasteiger partial charge on any atom is -0.345 e. The van der Waals surface area contributed by atoms with Crippen LogP contribution in [0, 0.1) is 5.82 Å². The molecule has 1 atom stereocenters. The normalized spacial score (nSPS) is 18.1. The second kappa shape index (κ2) is 7.64. The van der Waals surface area contributed by atoms with Crippen LogP contribution in [-0.2, 0) is 16.4 Å². The molecule has 0 radical (unpaired) electrons. The molecule has 2 aromatic rings. The molecule has 27 heavy (non-hydrogen) atoms. The van der Waals surface area contributed by atoms with Crippen molar-refractivity contribution in [3.63, 3.8) is 0 Å². The number of benzene rings is 1. The van der Waals surface area contributed by atoms with Gasteiger partial charge in [0.15, 0.2) is 9.84 Å². The van der Waals surface area contributed by atoms with Gasteiger partial charge in [-0.05, 0) is 24.6 Å². The largest absolute Gasteiger partial charge is 0.345 e. The van der Waals surface area contributed by atoms with E-state index in [2.05, 4.69) is 5.32 Å². The van der Waals surface area contributed by atoms with Gasteiger partial charge in [0.05, 0.1) is 17.3 Å². The molecule has 1 aromatic heterocycles. The highest BCUT2D eigenvalue weighted by Gasteiger charge is 2.25. The number of unbranched alkanes of at least 4 members (excludes halogenated alkanes) is 2. The van der Waals surface area contributed by atoms with E-state index in [1.807, 2.05) is 6.92 Å². The Kier molecular flexibility index (Phi) is 5.46. The van der Waals surface area contributed by atoms with Crippen LogP contribution in [0.25, 0.3) is 10.9 Å². The van der Waals surface area contributed by atoms with Gasteiger partial charge >= 0.3 is 0 Å². The molecule has 0 bridgehead atoms. The van der Waals surface area contributed by atoms with Crippen molar-refractivity contribution >= 4 is 26.6 Å². The molecule has 8 heteroatoms. The molecule has 1 aliphatic heterocycles. The van der Waals surface area contributed by atoms with E-state index in [1.54, 1.807) is 6.07 Å². The van der Waals surface area contributed by atoms with E-state index in [0.29, 0.717) is 18.4 Å². The summed E-state index contributed by atoms with van der Waals surface area (Å²) >= 11 is 0. The lowest BCUT2D eigenvalue weighted by molar-refractivity contribution is 0.0945. The maximum absolute atomic E-state index is 14.3. The Labute approximate surface area is 156 Å². The lowest BCUT2D eigenvalue weighted by atomic mass is 10.1. The van der Waals surface area contributed by atoms with Gasteiger partial charge in [-0.25, -0.2) is 12.8 Å². The molecule has 1 amide bonds. The maximum Gasteiger partial charge on any atom is 0.263 e. The molecule has 1 unspecified atom stereocenters. The minimum absolute atomic E-state index is 0.123. The molecule has 1 N–H and O–H groups in total. The van der Waals surface area contributed by atoms with E-state index >= 15 is 0 Å². The number of hydrogen-bond acceptors (Lipinski definition) is 4. The van der Waals surface area contributed by atoms with Gasteiger partial charge in [0.2, 0.25) is 0 Å². The molecule has 0 saturated carbocycles. The number of pyridine rings is 1. The predicted octanol–water partition coefficient (Wildman–Crippen LogP) is 2.37. The topological polar surface area (TPSA) is 85.2 Å². The number of halogens is 1. The van der Waals surface area contributed by atoms with Crippen molar-refractivity contribution < 1.29 is 17.6 Å². The number of sulfone groups is 1. The summed E-state index contributed by atoms with van der Waals surface area (Å²) in [5, 5.41) is 4.06. The van der Waals surface area contributed by atoms with Gasteiger partial charge in [0, 0.05) is 17.3 Å². The molecule has 6 nitrogen and oxygen atoms in total. The molecule has 1 aliphatic rings. The second-order valence-electron chi connectivity index (χ2n) is 6.64. The Balaban J connectivity index is 2.00. The Morgan fingerprint density at radius 2 is 2.11 bits per heavy atom. The van der Waals surface area contributed by atoms with Gasteiger partial charge in [-0.3, -0.25) is 9.59 Å². The summed E-state index contributed by atoms with van der Waals surface area (Å²) in [6.45, 7) is 2.33. The summed E-state index contributed by atoms with van der Waals surface area (Å²) in [6, 6.07) is 5.13. The molecular formula is C19H21FN2O4S. The number of amides is 1. The number of carbonyl (C=O) groups excluding carboxylic acids is 1. The minimum atomic E-state index is -3.32. The fourth-order valence-electron chi connectivity index (χ4n) is 3.21. The number of hydrogen-bond donors (Lipinski definition) is 1. The SMILES string of the molecule is CCCCCn1c(=O)c(C(=O)NC2C=CS(=O)(=O)C2)cc2cccc(F)c21. The summed E-state index contributed by atoms with van der Waals surface area (Å²) in [5.74, 6) is -1.41. The average Bonchev–Trinajstić information content (AvgIpc) is 2.95. The number of nitrogens with one attached hydrogen (secondary N) is 1. The van der Waals surface area contributed by atoms with Gasteiger partial charge in [0.1, 0.15) is 11.4 Å². The maximum atomic E-state index is 14.3. The van der Waals surface area contributed by atoms with Crippen molar-refractivity contribution in [2.45, 2.75) is 38.8 Å². The summed E-state index contributed by atoms with van der Waals surface area (Å²) < 4.78 is 38.6. The zero-order chi connectivity index (χ0) is 19.6. The van der Waals surface area contributed by atoms with Crippen molar-refractivity contribution in [2.24, 2.45) is 0 Å². The summed E-state index contributed by atoms with van der Waals surface area (Å²) in [5.41, 5.74) is -0.521. The molecule has 0 spiro atoms. The highest BCUT2D eigenvalue weighted by atomic mass is 32.2. The number of aryl methyl sites for hydroxylation is 1. The number of carbonyl (C=O) groups is 1. The monoisotopic (exact) mass is 392 g/mol. The average molecular weight is 392 g/mol. The Morgan fingerprint density at radius 1 is 1.33 bits per heavy atom. The quantitative estimate of drug-likeness (QED) is 0.765. The van der Waals surface area contributed by atoms with E-state index in [0.717, 1.165) is 18.2 Å². The molecule has 3 rings (SSSR count). The second-order valence-corrected chi connectivity index (χ2v) is 8.57. The van der Waals surface area contributed by atoms with Crippen LogP contribution in [0.4, 0.5) is 4.39 Å². The lowest BCUT2D eigenvalue weighted by Gasteiger charge is -2.15. The number of rotatable bonds is 6. The highest BCUT2D eigenvalue weighted by Crippen LogP contribution is 2.18. The van der Waals surface area contributed by atoms with E-state index in [-0.39, 0.29) is 16.8 Å². The number of para-hydroxylation sites is 1. The lowest BCUT2D eigenvalue weighted by Crippen LogP contribution is -2.39. The van der Waals surface area contributed by atoms with E-state index in [4.69, 9.17) is 0 Å². The fourth-order valence-corrected chi connectivity index (χ4v) is 4.44. The molecule has 0 fully saturated rings. The van der Waals surface area contributed by atoms with Crippen LogP contribution in [0.15, 0.2) is 40.5 Å². The van der Waals surface area contributed by atoms with E-state index in [1.165, 1.54) is 28.8 Å². The number of fused-ring (bicyclic) bond motifs is 1. The van der Waals surface area contributed by atoms with Crippen molar-refractivity contribution in [1.82, 2.24) is 9.88 Å². The van der Waals surface area contributed by atoms with Crippen LogP contribution >= 0.6 is 0 Å².